The maximum Gasteiger partial charge on any atom is 0.295 e. The third kappa shape index (κ3) is 1.72. The predicted molar refractivity (Wildman–Crippen MR) is 59.2 cm³/mol. The Morgan fingerprint density at radius 2 is 2.06 bits per heavy atom. The van der Waals surface area contributed by atoms with Gasteiger partial charge in [0.25, 0.3) is 11.7 Å². The monoisotopic (exact) mass is 236 g/mol. The molecule has 1 aromatic heterocycles. The van der Waals surface area contributed by atoms with Crippen LogP contribution in [-0.2, 0) is 0 Å². The number of hydrogen-bond acceptors (Lipinski definition) is 5. The summed E-state index contributed by atoms with van der Waals surface area (Å²) in [6, 6.07) is 0.744. The molecule has 92 valence electrons. The van der Waals surface area contributed by atoms with Crippen molar-refractivity contribution in [1.82, 2.24) is 15.0 Å². The van der Waals surface area contributed by atoms with Gasteiger partial charge in [0.05, 0.1) is 0 Å². The van der Waals surface area contributed by atoms with Crippen LogP contribution in [0.1, 0.15) is 42.2 Å². The Labute approximate surface area is 99.2 Å². The molecular weight excluding hydrogens is 220 g/mol. The van der Waals surface area contributed by atoms with Crippen LogP contribution >= 0.6 is 0 Å². The maximum absolute atomic E-state index is 12.3. The van der Waals surface area contributed by atoms with Crippen molar-refractivity contribution >= 4 is 5.91 Å². The highest BCUT2D eigenvalue weighted by Gasteiger charge is 2.43. The largest absolute Gasteiger partial charge is 0.339 e. The summed E-state index contributed by atoms with van der Waals surface area (Å²) in [5, 5.41) is 3.70. The van der Waals surface area contributed by atoms with Crippen molar-refractivity contribution in [2.75, 3.05) is 0 Å². The van der Waals surface area contributed by atoms with Crippen LogP contribution in [0.15, 0.2) is 4.52 Å². The minimum Gasteiger partial charge on any atom is -0.339 e. The zero-order valence-corrected chi connectivity index (χ0v) is 9.80. The lowest BCUT2D eigenvalue weighted by Gasteiger charge is -2.36. The van der Waals surface area contributed by atoms with Gasteiger partial charge in [-0.3, -0.25) is 4.79 Å². The number of fused-ring (bicyclic) bond motifs is 2. The number of aromatic nitrogens is 2. The first kappa shape index (κ1) is 10.7. The fourth-order valence-corrected chi connectivity index (χ4v) is 3.05. The van der Waals surface area contributed by atoms with E-state index < -0.39 is 0 Å². The molecule has 1 aromatic rings. The van der Waals surface area contributed by atoms with Gasteiger partial charge in [0, 0.05) is 25.0 Å². The van der Waals surface area contributed by atoms with Crippen molar-refractivity contribution in [3.63, 3.8) is 0 Å². The van der Waals surface area contributed by atoms with Gasteiger partial charge in [0.1, 0.15) is 0 Å². The quantitative estimate of drug-likeness (QED) is 0.766. The normalized spacial score (nSPS) is 31.9. The molecule has 2 unspecified atom stereocenters. The Hall–Kier alpha value is -1.43. The van der Waals surface area contributed by atoms with E-state index in [1.807, 2.05) is 4.90 Å². The summed E-state index contributed by atoms with van der Waals surface area (Å²) in [6.07, 6.45) is 3.86. The molecule has 2 saturated heterocycles. The molecule has 6 heteroatoms. The first-order valence-electron chi connectivity index (χ1n) is 6.03. The van der Waals surface area contributed by atoms with Crippen LogP contribution in [0.3, 0.4) is 0 Å². The molecule has 3 rings (SSSR count). The number of aryl methyl sites for hydroxylation is 1. The first-order chi connectivity index (χ1) is 8.15. The van der Waals surface area contributed by atoms with Gasteiger partial charge >= 0.3 is 0 Å². The molecule has 1 amide bonds. The van der Waals surface area contributed by atoms with E-state index in [9.17, 15) is 4.79 Å². The van der Waals surface area contributed by atoms with Crippen LogP contribution in [0.2, 0.25) is 0 Å². The van der Waals surface area contributed by atoms with E-state index in [0.29, 0.717) is 5.89 Å². The molecule has 0 saturated carbocycles. The van der Waals surface area contributed by atoms with E-state index in [4.69, 9.17) is 10.3 Å². The summed E-state index contributed by atoms with van der Waals surface area (Å²) in [5.74, 6) is 0.491. The molecule has 2 N–H and O–H groups in total. The molecule has 6 nitrogen and oxygen atoms in total. The number of piperidine rings is 1. The molecule has 0 aliphatic carbocycles. The Kier molecular flexibility index (Phi) is 2.39. The van der Waals surface area contributed by atoms with E-state index in [-0.39, 0.29) is 29.9 Å². The lowest BCUT2D eigenvalue weighted by atomic mass is 9.98. The minimum atomic E-state index is -0.110. The second-order valence-electron chi connectivity index (χ2n) is 4.97. The smallest absolute Gasteiger partial charge is 0.295 e. The zero-order chi connectivity index (χ0) is 12.0. The van der Waals surface area contributed by atoms with Gasteiger partial charge in [-0.15, -0.1) is 0 Å². The fourth-order valence-electron chi connectivity index (χ4n) is 3.05. The Morgan fingerprint density at radius 1 is 1.41 bits per heavy atom. The van der Waals surface area contributed by atoms with Crippen LogP contribution < -0.4 is 5.73 Å². The predicted octanol–water partition coefficient (Wildman–Crippen LogP) is 0.472. The highest BCUT2D eigenvalue weighted by molar-refractivity contribution is 5.91. The van der Waals surface area contributed by atoms with E-state index in [1.54, 1.807) is 6.92 Å². The van der Waals surface area contributed by atoms with Crippen molar-refractivity contribution < 1.29 is 9.32 Å². The second-order valence-corrected chi connectivity index (χ2v) is 4.97. The highest BCUT2D eigenvalue weighted by Crippen LogP contribution is 2.35. The minimum absolute atomic E-state index is 0.110. The molecule has 0 aromatic carbocycles. The molecule has 2 atom stereocenters. The van der Waals surface area contributed by atoms with E-state index >= 15 is 0 Å². The number of carbonyl (C=O) groups is 1. The summed E-state index contributed by atoms with van der Waals surface area (Å²) in [6.45, 7) is 1.69. The summed E-state index contributed by atoms with van der Waals surface area (Å²) in [4.78, 5) is 18.2. The number of carbonyl (C=O) groups excluding carboxylic acids is 1. The molecule has 2 aliphatic heterocycles. The summed E-state index contributed by atoms with van der Waals surface area (Å²) in [5.41, 5.74) is 5.97. The molecular formula is C11H16N4O2. The second kappa shape index (κ2) is 3.80. The average molecular weight is 236 g/mol. The molecule has 17 heavy (non-hydrogen) atoms. The molecule has 2 aliphatic rings. The van der Waals surface area contributed by atoms with Crippen molar-refractivity contribution in [2.24, 2.45) is 5.73 Å². The van der Waals surface area contributed by atoms with Crippen LogP contribution in [0.4, 0.5) is 0 Å². The van der Waals surface area contributed by atoms with Gasteiger partial charge in [0.15, 0.2) is 0 Å². The Bertz CT molecular complexity index is 430. The van der Waals surface area contributed by atoms with Crippen molar-refractivity contribution in [1.29, 1.82) is 0 Å². The molecule has 2 fully saturated rings. The fraction of sp³-hybridized carbons (Fsp3) is 0.727. The van der Waals surface area contributed by atoms with E-state index in [0.717, 1.165) is 25.7 Å². The number of nitrogens with zero attached hydrogens (tertiary/aromatic N) is 3. The summed E-state index contributed by atoms with van der Waals surface area (Å²) in [7, 11) is 0. The first-order valence-corrected chi connectivity index (χ1v) is 6.03. The molecule has 0 radical (unpaired) electrons. The maximum atomic E-state index is 12.3. The van der Waals surface area contributed by atoms with Crippen LogP contribution in [0, 0.1) is 6.92 Å². The zero-order valence-electron chi connectivity index (χ0n) is 9.80. The highest BCUT2D eigenvalue weighted by atomic mass is 16.5. The van der Waals surface area contributed by atoms with Crippen molar-refractivity contribution in [3.05, 3.63) is 11.7 Å². The SMILES string of the molecule is Cc1nc(C(=O)N2C3CCC2CC(N)C3)no1. The van der Waals surface area contributed by atoms with E-state index in [1.165, 1.54) is 0 Å². The van der Waals surface area contributed by atoms with Gasteiger partial charge in [-0.25, -0.2) is 0 Å². The van der Waals surface area contributed by atoms with E-state index in [2.05, 4.69) is 10.1 Å². The Morgan fingerprint density at radius 3 is 2.59 bits per heavy atom. The van der Waals surface area contributed by atoms with Gasteiger partial charge in [-0.1, -0.05) is 5.16 Å². The van der Waals surface area contributed by atoms with Crippen LogP contribution in [0.25, 0.3) is 0 Å². The number of nitrogens with two attached hydrogens (primary N) is 1. The molecule has 0 spiro atoms. The number of amides is 1. The summed E-state index contributed by atoms with van der Waals surface area (Å²) < 4.78 is 4.86. The van der Waals surface area contributed by atoms with Crippen LogP contribution in [-0.4, -0.2) is 39.1 Å². The van der Waals surface area contributed by atoms with Gasteiger partial charge in [-0.2, -0.15) is 4.98 Å². The molecule has 2 bridgehead atoms. The van der Waals surface area contributed by atoms with Crippen molar-refractivity contribution in [3.8, 4) is 0 Å². The van der Waals surface area contributed by atoms with Gasteiger partial charge in [-0.05, 0) is 25.7 Å². The van der Waals surface area contributed by atoms with Gasteiger partial charge in [0.2, 0.25) is 5.89 Å². The lowest BCUT2D eigenvalue weighted by molar-refractivity contribution is 0.0559. The third-order valence-corrected chi connectivity index (χ3v) is 3.72. The number of rotatable bonds is 1. The van der Waals surface area contributed by atoms with Crippen molar-refractivity contribution in [2.45, 2.75) is 50.7 Å². The Balaban J connectivity index is 1.83. The lowest BCUT2D eigenvalue weighted by Crippen LogP contribution is -2.50. The third-order valence-electron chi connectivity index (χ3n) is 3.72. The average Bonchev–Trinajstić information content (AvgIpc) is 2.81. The number of hydrogen-bond donors (Lipinski definition) is 1. The summed E-state index contributed by atoms with van der Waals surface area (Å²) >= 11 is 0. The topological polar surface area (TPSA) is 85.2 Å². The standard InChI is InChI=1S/C11H16N4O2/c1-6-13-10(14-17-6)11(16)15-8-2-3-9(15)5-7(12)4-8/h7-9H,2-5,12H2,1H3. The van der Waals surface area contributed by atoms with Gasteiger partial charge < -0.3 is 15.2 Å². The van der Waals surface area contributed by atoms with Crippen LogP contribution in [0.5, 0.6) is 0 Å². The molecule has 3 heterocycles.